The van der Waals surface area contributed by atoms with Crippen molar-refractivity contribution in [3.8, 4) is 0 Å². The second-order valence-corrected chi connectivity index (χ2v) is 4.70. The van der Waals surface area contributed by atoms with Gasteiger partial charge in [0, 0.05) is 11.0 Å². The summed E-state index contributed by atoms with van der Waals surface area (Å²) < 4.78 is 4.62. The highest BCUT2D eigenvalue weighted by Crippen LogP contribution is 2.15. The van der Waals surface area contributed by atoms with Gasteiger partial charge >= 0.3 is 0 Å². The van der Waals surface area contributed by atoms with Gasteiger partial charge in [0.15, 0.2) is 0 Å². The number of amides is 1. The average Bonchev–Trinajstić information content (AvgIpc) is 2.81. The molecule has 0 spiro atoms. The molecule has 0 aliphatic carbocycles. The average molecular weight is 298 g/mol. The molecule has 1 aromatic carbocycles. The molecule has 0 atom stereocenters. The SMILES string of the molecule is O=C(NCc1ccccc1Br)c1cnns1. The maximum absolute atomic E-state index is 11.6. The lowest BCUT2D eigenvalue weighted by Crippen LogP contribution is -2.21. The number of carbonyl (C=O) groups excluding carboxylic acids is 1. The van der Waals surface area contributed by atoms with Crippen LogP contribution in [0.15, 0.2) is 34.9 Å². The van der Waals surface area contributed by atoms with Crippen LogP contribution in [0.3, 0.4) is 0 Å². The number of aromatic nitrogens is 2. The molecule has 2 aromatic rings. The molecular weight excluding hydrogens is 290 g/mol. The van der Waals surface area contributed by atoms with Crippen molar-refractivity contribution in [3.05, 3.63) is 45.4 Å². The molecule has 4 nitrogen and oxygen atoms in total. The van der Waals surface area contributed by atoms with Gasteiger partial charge < -0.3 is 5.32 Å². The Balaban J connectivity index is 1.98. The predicted octanol–water partition coefficient (Wildman–Crippen LogP) is 2.23. The molecule has 0 saturated heterocycles. The fourth-order valence-electron chi connectivity index (χ4n) is 1.17. The Morgan fingerprint density at radius 3 is 2.94 bits per heavy atom. The van der Waals surface area contributed by atoms with Crippen molar-refractivity contribution >= 4 is 33.4 Å². The molecule has 1 heterocycles. The Kier molecular flexibility index (Phi) is 3.63. The summed E-state index contributed by atoms with van der Waals surface area (Å²) in [4.78, 5) is 12.1. The summed E-state index contributed by atoms with van der Waals surface area (Å²) in [5, 5.41) is 6.42. The standard InChI is InChI=1S/C10H8BrN3OS/c11-8-4-2-1-3-7(8)5-12-10(15)9-6-13-14-16-9/h1-4,6H,5H2,(H,12,15). The highest BCUT2D eigenvalue weighted by Gasteiger charge is 2.08. The zero-order valence-corrected chi connectivity index (χ0v) is 10.6. The molecule has 0 fully saturated rings. The Morgan fingerprint density at radius 2 is 2.25 bits per heavy atom. The van der Waals surface area contributed by atoms with Crippen LogP contribution < -0.4 is 5.32 Å². The molecule has 1 amide bonds. The third-order valence-electron chi connectivity index (χ3n) is 1.98. The number of hydrogen-bond donors (Lipinski definition) is 1. The lowest BCUT2D eigenvalue weighted by Gasteiger charge is -2.05. The summed E-state index contributed by atoms with van der Waals surface area (Å²) in [5.41, 5.74) is 1.04. The molecule has 1 aromatic heterocycles. The molecule has 6 heteroatoms. The van der Waals surface area contributed by atoms with Gasteiger partial charge in [0.1, 0.15) is 4.88 Å². The second-order valence-electron chi connectivity index (χ2n) is 3.06. The van der Waals surface area contributed by atoms with E-state index in [9.17, 15) is 4.79 Å². The van der Waals surface area contributed by atoms with E-state index in [2.05, 4.69) is 30.8 Å². The lowest BCUT2D eigenvalue weighted by molar-refractivity contribution is 0.0954. The van der Waals surface area contributed by atoms with E-state index in [1.165, 1.54) is 6.20 Å². The smallest absolute Gasteiger partial charge is 0.264 e. The first-order valence-electron chi connectivity index (χ1n) is 4.56. The van der Waals surface area contributed by atoms with Crippen LogP contribution in [0.5, 0.6) is 0 Å². The van der Waals surface area contributed by atoms with Crippen LogP contribution in [-0.4, -0.2) is 15.5 Å². The van der Waals surface area contributed by atoms with E-state index in [0.29, 0.717) is 11.4 Å². The zero-order chi connectivity index (χ0) is 11.4. The van der Waals surface area contributed by atoms with Gasteiger partial charge in [0.05, 0.1) is 6.20 Å². The van der Waals surface area contributed by atoms with Gasteiger partial charge in [0.25, 0.3) is 5.91 Å². The summed E-state index contributed by atoms with van der Waals surface area (Å²) in [5.74, 6) is -0.147. The molecular formula is C10H8BrN3OS. The lowest BCUT2D eigenvalue weighted by atomic mass is 10.2. The number of carbonyl (C=O) groups is 1. The number of benzene rings is 1. The van der Waals surface area contributed by atoms with Crippen LogP contribution >= 0.6 is 27.5 Å². The summed E-state index contributed by atoms with van der Waals surface area (Å²) in [6, 6.07) is 7.76. The molecule has 0 unspecified atom stereocenters. The largest absolute Gasteiger partial charge is 0.347 e. The molecule has 1 N–H and O–H groups in total. The van der Waals surface area contributed by atoms with Gasteiger partial charge in [-0.1, -0.05) is 38.6 Å². The molecule has 0 aliphatic rings. The minimum atomic E-state index is -0.147. The van der Waals surface area contributed by atoms with Crippen molar-refractivity contribution in [1.82, 2.24) is 14.9 Å². The van der Waals surface area contributed by atoms with E-state index in [4.69, 9.17) is 0 Å². The van der Waals surface area contributed by atoms with E-state index >= 15 is 0 Å². The summed E-state index contributed by atoms with van der Waals surface area (Å²) in [6.45, 7) is 0.484. The number of nitrogens with one attached hydrogen (secondary N) is 1. The van der Waals surface area contributed by atoms with Gasteiger partial charge in [-0.25, -0.2) is 0 Å². The van der Waals surface area contributed by atoms with Gasteiger partial charge in [-0.15, -0.1) is 5.10 Å². The highest BCUT2D eigenvalue weighted by atomic mass is 79.9. The molecule has 0 aliphatic heterocycles. The van der Waals surface area contributed by atoms with Gasteiger partial charge in [0.2, 0.25) is 0 Å². The Bertz CT molecular complexity index is 487. The van der Waals surface area contributed by atoms with E-state index in [-0.39, 0.29) is 5.91 Å². The van der Waals surface area contributed by atoms with Crippen LogP contribution in [-0.2, 0) is 6.54 Å². The third-order valence-corrected chi connectivity index (χ3v) is 3.42. The number of hydrogen-bond acceptors (Lipinski definition) is 4. The van der Waals surface area contributed by atoms with Crippen molar-refractivity contribution < 1.29 is 4.79 Å². The first-order valence-corrected chi connectivity index (χ1v) is 6.13. The van der Waals surface area contributed by atoms with Crippen molar-refractivity contribution in [2.75, 3.05) is 0 Å². The predicted molar refractivity (Wildman–Crippen MR) is 65.2 cm³/mol. The van der Waals surface area contributed by atoms with Crippen LogP contribution in [0, 0.1) is 0 Å². The van der Waals surface area contributed by atoms with Crippen LogP contribution in [0.2, 0.25) is 0 Å². The molecule has 82 valence electrons. The number of halogens is 1. The first-order chi connectivity index (χ1) is 7.77. The van der Waals surface area contributed by atoms with E-state index < -0.39 is 0 Å². The second kappa shape index (κ2) is 5.18. The maximum Gasteiger partial charge on any atom is 0.264 e. The minimum absolute atomic E-state index is 0.147. The van der Waals surface area contributed by atoms with Crippen molar-refractivity contribution in [1.29, 1.82) is 0 Å². The summed E-state index contributed by atoms with van der Waals surface area (Å²) in [7, 11) is 0. The van der Waals surface area contributed by atoms with E-state index in [1.54, 1.807) is 0 Å². The first kappa shape index (κ1) is 11.2. The molecule has 0 bridgehead atoms. The normalized spacial score (nSPS) is 10.1. The number of rotatable bonds is 3. The van der Waals surface area contributed by atoms with Crippen LogP contribution in [0.4, 0.5) is 0 Å². The Morgan fingerprint density at radius 1 is 1.44 bits per heavy atom. The van der Waals surface area contributed by atoms with Crippen LogP contribution in [0.1, 0.15) is 15.2 Å². The summed E-state index contributed by atoms with van der Waals surface area (Å²) in [6.07, 6.45) is 1.46. The molecule has 2 rings (SSSR count). The van der Waals surface area contributed by atoms with E-state index in [1.807, 2.05) is 24.3 Å². The van der Waals surface area contributed by atoms with Crippen molar-refractivity contribution in [2.24, 2.45) is 0 Å². The van der Waals surface area contributed by atoms with Gasteiger partial charge in [-0.3, -0.25) is 4.79 Å². The number of nitrogens with zero attached hydrogens (tertiary/aromatic N) is 2. The van der Waals surface area contributed by atoms with Crippen molar-refractivity contribution in [2.45, 2.75) is 6.54 Å². The Labute approximate surface area is 105 Å². The topological polar surface area (TPSA) is 54.9 Å². The van der Waals surface area contributed by atoms with E-state index in [0.717, 1.165) is 21.6 Å². The maximum atomic E-state index is 11.6. The molecule has 0 saturated carbocycles. The zero-order valence-electron chi connectivity index (χ0n) is 8.18. The highest BCUT2D eigenvalue weighted by molar-refractivity contribution is 9.10. The van der Waals surface area contributed by atoms with Crippen LogP contribution in [0.25, 0.3) is 0 Å². The van der Waals surface area contributed by atoms with Crippen molar-refractivity contribution in [3.63, 3.8) is 0 Å². The minimum Gasteiger partial charge on any atom is -0.347 e. The summed E-state index contributed by atoms with van der Waals surface area (Å²) >= 11 is 4.51. The third kappa shape index (κ3) is 2.65. The fraction of sp³-hybridized carbons (Fsp3) is 0.100. The Hall–Kier alpha value is -1.27. The molecule has 0 radical (unpaired) electrons. The quantitative estimate of drug-likeness (QED) is 0.945. The fourth-order valence-corrected chi connectivity index (χ4v) is 2.03. The van der Waals surface area contributed by atoms with Gasteiger partial charge in [-0.05, 0) is 23.2 Å². The van der Waals surface area contributed by atoms with Gasteiger partial charge in [-0.2, -0.15) is 0 Å². The molecule has 16 heavy (non-hydrogen) atoms. The monoisotopic (exact) mass is 297 g/mol.